The first-order valence-corrected chi connectivity index (χ1v) is 5.62. The van der Waals surface area contributed by atoms with E-state index in [1.54, 1.807) is 4.68 Å². The number of hydrogen-bond acceptors (Lipinski definition) is 5. The standard InChI is InChI=1S/C10H20N4O2/c1-2-3-9(11)10-8-14(13-12-10)4-6-16-7-5-15/h8-9,15H,2-7,11H2,1H3. The molecule has 0 aliphatic rings. The molecule has 0 aromatic carbocycles. The Bertz CT molecular complexity index is 290. The van der Waals surface area contributed by atoms with Crippen LogP contribution in [0.4, 0.5) is 0 Å². The van der Waals surface area contributed by atoms with Crippen LogP contribution >= 0.6 is 0 Å². The second-order valence-electron chi connectivity index (χ2n) is 3.64. The van der Waals surface area contributed by atoms with Crippen molar-refractivity contribution in [3.05, 3.63) is 11.9 Å². The molecule has 0 bridgehead atoms. The third-order valence-corrected chi connectivity index (χ3v) is 2.24. The lowest BCUT2D eigenvalue weighted by Crippen LogP contribution is -2.10. The molecule has 1 atom stereocenters. The van der Waals surface area contributed by atoms with Crippen LogP contribution < -0.4 is 5.73 Å². The molecule has 6 nitrogen and oxygen atoms in total. The van der Waals surface area contributed by atoms with Gasteiger partial charge in [-0.05, 0) is 6.42 Å². The van der Waals surface area contributed by atoms with Gasteiger partial charge < -0.3 is 15.6 Å². The number of aliphatic hydroxyl groups excluding tert-OH is 1. The summed E-state index contributed by atoms with van der Waals surface area (Å²) in [5, 5.41) is 16.5. The summed E-state index contributed by atoms with van der Waals surface area (Å²) in [6, 6.07) is -0.0305. The second-order valence-corrected chi connectivity index (χ2v) is 3.64. The quantitative estimate of drug-likeness (QED) is 0.616. The summed E-state index contributed by atoms with van der Waals surface area (Å²) in [6.07, 6.45) is 3.80. The maximum atomic E-state index is 8.52. The topological polar surface area (TPSA) is 86.2 Å². The van der Waals surface area contributed by atoms with E-state index in [9.17, 15) is 0 Å². The van der Waals surface area contributed by atoms with Crippen molar-refractivity contribution in [3.8, 4) is 0 Å². The number of aliphatic hydroxyl groups is 1. The summed E-state index contributed by atoms with van der Waals surface area (Å²) < 4.78 is 6.84. The zero-order valence-electron chi connectivity index (χ0n) is 9.67. The van der Waals surface area contributed by atoms with Crippen molar-refractivity contribution in [2.24, 2.45) is 5.73 Å². The molecule has 1 aromatic heterocycles. The summed E-state index contributed by atoms with van der Waals surface area (Å²) in [4.78, 5) is 0. The summed E-state index contributed by atoms with van der Waals surface area (Å²) in [5.41, 5.74) is 6.74. The Morgan fingerprint density at radius 3 is 3.06 bits per heavy atom. The van der Waals surface area contributed by atoms with E-state index in [2.05, 4.69) is 17.2 Å². The van der Waals surface area contributed by atoms with Gasteiger partial charge in [-0.1, -0.05) is 18.6 Å². The lowest BCUT2D eigenvalue weighted by Gasteiger charge is -2.04. The van der Waals surface area contributed by atoms with Gasteiger partial charge >= 0.3 is 0 Å². The zero-order chi connectivity index (χ0) is 11.8. The second kappa shape index (κ2) is 7.32. The van der Waals surface area contributed by atoms with Crippen molar-refractivity contribution in [1.82, 2.24) is 15.0 Å². The lowest BCUT2D eigenvalue weighted by atomic mass is 10.1. The van der Waals surface area contributed by atoms with E-state index < -0.39 is 0 Å². The third-order valence-electron chi connectivity index (χ3n) is 2.24. The molecule has 16 heavy (non-hydrogen) atoms. The van der Waals surface area contributed by atoms with Crippen LogP contribution in [0.5, 0.6) is 0 Å². The van der Waals surface area contributed by atoms with Crippen molar-refractivity contribution >= 4 is 0 Å². The van der Waals surface area contributed by atoms with Crippen molar-refractivity contribution in [1.29, 1.82) is 0 Å². The van der Waals surface area contributed by atoms with Crippen LogP contribution in [0, 0.1) is 0 Å². The van der Waals surface area contributed by atoms with Gasteiger partial charge in [0.15, 0.2) is 0 Å². The van der Waals surface area contributed by atoms with Crippen molar-refractivity contribution in [2.45, 2.75) is 32.4 Å². The maximum Gasteiger partial charge on any atom is 0.0994 e. The number of nitrogens with zero attached hydrogens (tertiary/aromatic N) is 3. The van der Waals surface area contributed by atoms with E-state index in [0.717, 1.165) is 18.5 Å². The molecule has 92 valence electrons. The monoisotopic (exact) mass is 228 g/mol. The first-order valence-electron chi connectivity index (χ1n) is 5.62. The largest absolute Gasteiger partial charge is 0.394 e. The molecule has 1 heterocycles. The van der Waals surface area contributed by atoms with Gasteiger partial charge in [0.05, 0.1) is 44.3 Å². The van der Waals surface area contributed by atoms with Crippen LogP contribution in [0.25, 0.3) is 0 Å². The van der Waals surface area contributed by atoms with Crippen LogP contribution in [-0.4, -0.2) is 39.9 Å². The van der Waals surface area contributed by atoms with Gasteiger partial charge in [-0.15, -0.1) is 5.10 Å². The van der Waals surface area contributed by atoms with Crippen molar-refractivity contribution in [2.75, 3.05) is 19.8 Å². The zero-order valence-corrected chi connectivity index (χ0v) is 9.67. The predicted molar refractivity (Wildman–Crippen MR) is 59.8 cm³/mol. The molecule has 0 radical (unpaired) electrons. The van der Waals surface area contributed by atoms with Crippen molar-refractivity contribution < 1.29 is 9.84 Å². The average molecular weight is 228 g/mol. The highest BCUT2D eigenvalue weighted by atomic mass is 16.5. The summed E-state index contributed by atoms with van der Waals surface area (Å²) >= 11 is 0. The van der Waals surface area contributed by atoms with Crippen LogP contribution in [0.15, 0.2) is 6.20 Å². The maximum absolute atomic E-state index is 8.52. The first-order chi connectivity index (χ1) is 7.77. The fourth-order valence-electron chi connectivity index (χ4n) is 1.38. The minimum atomic E-state index is -0.0305. The van der Waals surface area contributed by atoms with Crippen molar-refractivity contribution in [3.63, 3.8) is 0 Å². The van der Waals surface area contributed by atoms with E-state index >= 15 is 0 Å². The third kappa shape index (κ3) is 4.26. The molecule has 0 aliphatic carbocycles. The minimum absolute atomic E-state index is 0.0305. The lowest BCUT2D eigenvalue weighted by molar-refractivity contribution is 0.0851. The number of rotatable bonds is 8. The average Bonchev–Trinajstić information content (AvgIpc) is 2.73. The Morgan fingerprint density at radius 2 is 2.38 bits per heavy atom. The number of nitrogens with two attached hydrogens (primary N) is 1. The Hall–Kier alpha value is -0.980. The van der Waals surface area contributed by atoms with Gasteiger partial charge in [-0.25, -0.2) is 4.68 Å². The van der Waals surface area contributed by atoms with E-state index in [4.69, 9.17) is 15.6 Å². The molecule has 0 amide bonds. The fourth-order valence-corrected chi connectivity index (χ4v) is 1.38. The van der Waals surface area contributed by atoms with Gasteiger partial charge in [0.1, 0.15) is 0 Å². The van der Waals surface area contributed by atoms with Gasteiger partial charge in [-0.3, -0.25) is 0 Å². The SMILES string of the molecule is CCCC(N)c1cn(CCOCCO)nn1. The van der Waals surface area contributed by atoms with Gasteiger partial charge in [0.2, 0.25) is 0 Å². The molecule has 0 spiro atoms. The molecule has 1 rings (SSSR count). The highest BCUT2D eigenvalue weighted by molar-refractivity contribution is 4.99. The smallest absolute Gasteiger partial charge is 0.0994 e. The molecule has 0 saturated heterocycles. The Labute approximate surface area is 95.4 Å². The minimum Gasteiger partial charge on any atom is -0.394 e. The summed E-state index contributed by atoms with van der Waals surface area (Å²) in [7, 11) is 0. The van der Waals surface area contributed by atoms with E-state index in [1.165, 1.54) is 0 Å². The Balaban J connectivity index is 2.33. The molecule has 1 unspecified atom stereocenters. The molecule has 1 aromatic rings. The predicted octanol–water partition coefficient (Wildman–Crippen LogP) is 0.0869. The molecule has 6 heteroatoms. The van der Waals surface area contributed by atoms with Crippen LogP contribution in [0.3, 0.4) is 0 Å². The van der Waals surface area contributed by atoms with E-state index in [0.29, 0.717) is 19.8 Å². The van der Waals surface area contributed by atoms with E-state index in [-0.39, 0.29) is 12.6 Å². The molecular formula is C10H20N4O2. The van der Waals surface area contributed by atoms with Crippen LogP contribution in [0.1, 0.15) is 31.5 Å². The fraction of sp³-hybridized carbons (Fsp3) is 0.800. The first kappa shape index (κ1) is 13.1. The van der Waals surface area contributed by atoms with E-state index in [1.807, 2.05) is 6.20 Å². The molecule has 3 N–H and O–H groups in total. The van der Waals surface area contributed by atoms with Gasteiger partial charge in [0, 0.05) is 0 Å². The van der Waals surface area contributed by atoms with Crippen LogP contribution in [-0.2, 0) is 11.3 Å². The molecule has 0 saturated carbocycles. The molecule has 0 aliphatic heterocycles. The Kier molecular flexibility index (Phi) is 5.99. The van der Waals surface area contributed by atoms with Crippen LogP contribution in [0.2, 0.25) is 0 Å². The van der Waals surface area contributed by atoms with Gasteiger partial charge in [0.25, 0.3) is 0 Å². The normalized spacial score (nSPS) is 12.9. The molecular weight excluding hydrogens is 208 g/mol. The highest BCUT2D eigenvalue weighted by Gasteiger charge is 2.09. The number of hydrogen-bond donors (Lipinski definition) is 2. The molecule has 0 fully saturated rings. The van der Waals surface area contributed by atoms with Gasteiger partial charge in [-0.2, -0.15) is 0 Å². The summed E-state index contributed by atoms with van der Waals surface area (Å²) in [6.45, 7) is 3.64. The highest BCUT2D eigenvalue weighted by Crippen LogP contribution is 2.11. The number of ether oxygens (including phenoxy) is 1. The Morgan fingerprint density at radius 1 is 1.56 bits per heavy atom. The summed E-state index contributed by atoms with van der Waals surface area (Å²) in [5.74, 6) is 0. The number of aromatic nitrogens is 3.